The lowest BCUT2D eigenvalue weighted by molar-refractivity contribution is -0.00794. The topological polar surface area (TPSA) is 128 Å². The number of nitrogens with two attached hydrogens (primary N) is 1. The Hall–Kier alpha value is -1.41. The molecule has 0 aliphatic rings. The van der Waals surface area contributed by atoms with Gasteiger partial charge in [0.05, 0.1) is 52.9 Å². The molecule has 0 saturated heterocycles. The molecule has 0 aromatic heterocycles. The first-order valence-corrected chi connectivity index (χ1v) is 15.3. The van der Waals surface area contributed by atoms with E-state index in [0.717, 1.165) is 18.6 Å². The Morgan fingerprint density at radius 3 is 1.90 bits per heavy atom. The van der Waals surface area contributed by atoms with Gasteiger partial charge in [0, 0.05) is 4.21 Å². The normalized spacial score (nSPS) is 12.9. The second-order valence-corrected chi connectivity index (χ2v) is 10.2. The second kappa shape index (κ2) is 24.4. The van der Waals surface area contributed by atoms with Crippen LogP contribution in [0.2, 0.25) is 0 Å². The van der Waals surface area contributed by atoms with Crippen molar-refractivity contribution in [1.82, 2.24) is 0 Å². The molecule has 1 aromatic rings. The maximum Gasteiger partial charge on any atom is 0.564 e. The number of allylic oxidation sites excluding steroid dienone is 1. The van der Waals surface area contributed by atoms with Crippen molar-refractivity contribution >= 4 is 10.8 Å². The van der Waals surface area contributed by atoms with E-state index in [-0.39, 0.29) is 13.2 Å². The predicted octanol–water partition coefficient (Wildman–Crippen LogP) is 4.74. The minimum absolute atomic E-state index is 0.0731. The summed E-state index contributed by atoms with van der Waals surface area (Å²) in [6.45, 7) is 9.41. The van der Waals surface area contributed by atoms with E-state index in [1.165, 1.54) is 56.1 Å². The van der Waals surface area contributed by atoms with Gasteiger partial charge in [-0.1, -0.05) is 63.7 Å². The molecule has 0 aliphatic carbocycles. The molecule has 0 fully saturated rings. The average Bonchev–Trinajstić information content (AvgIpc) is 2.93. The van der Waals surface area contributed by atoms with Gasteiger partial charge in [-0.2, -0.15) is 5.90 Å². The number of hydrogen-bond donors (Lipinski definition) is 1. The zero-order chi connectivity index (χ0) is 28.4. The summed E-state index contributed by atoms with van der Waals surface area (Å²) < 4.78 is 57.2. The predicted molar refractivity (Wildman–Crippen MR) is 151 cm³/mol. The van der Waals surface area contributed by atoms with Crippen LogP contribution >= 0.6 is 0 Å². The van der Waals surface area contributed by atoms with Crippen LogP contribution in [0.1, 0.15) is 63.0 Å². The summed E-state index contributed by atoms with van der Waals surface area (Å²) in [5.41, 5.74) is 2.53. The van der Waals surface area contributed by atoms with Gasteiger partial charge in [0.25, 0.3) is 0 Å². The fraction of sp³-hybridized carbons (Fsp3) is 0.714. The van der Waals surface area contributed by atoms with E-state index >= 15 is 0 Å². The number of unbranched alkanes of at least 4 members (excludes halogenated alkanes) is 6. The van der Waals surface area contributed by atoms with Crippen LogP contribution < -0.4 is 10.6 Å². The monoisotopic (exact) mass is 575 g/mol. The first-order valence-electron chi connectivity index (χ1n) is 14.0. The summed E-state index contributed by atoms with van der Waals surface area (Å²) in [6, 6.07) is 6.48. The third-order valence-corrected chi connectivity index (χ3v) is 6.42. The van der Waals surface area contributed by atoms with E-state index in [1.807, 2.05) is 6.08 Å². The highest BCUT2D eigenvalue weighted by molar-refractivity contribution is 7.88. The number of benzene rings is 1. The van der Waals surface area contributed by atoms with Crippen LogP contribution in [0.25, 0.3) is 0 Å². The smallest absolute Gasteiger partial charge is 0.491 e. The average molecular weight is 576 g/mol. The molecular formula is C28H49NO9S+. The molecular weight excluding hydrogens is 526 g/mol. The maximum absolute atomic E-state index is 10.8. The van der Waals surface area contributed by atoms with Crippen LogP contribution in [-0.2, 0) is 59.8 Å². The third-order valence-electron chi connectivity index (χ3n) is 5.73. The molecule has 1 atom stereocenters. The van der Waals surface area contributed by atoms with Gasteiger partial charge in [-0.3, -0.25) is 0 Å². The Balaban J connectivity index is 2.02. The molecule has 0 bridgehead atoms. The first kappa shape index (κ1) is 35.6. The minimum Gasteiger partial charge on any atom is -0.491 e. The van der Waals surface area contributed by atoms with Gasteiger partial charge in [-0.25, -0.2) is 0 Å². The van der Waals surface area contributed by atoms with E-state index in [2.05, 4.69) is 46.1 Å². The van der Waals surface area contributed by atoms with Gasteiger partial charge in [-0.15, -0.1) is 10.8 Å². The van der Waals surface area contributed by atoms with Crippen molar-refractivity contribution in [2.45, 2.75) is 64.7 Å². The fourth-order valence-corrected chi connectivity index (χ4v) is 4.05. The van der Waals surface area contributed by atoms with Crippen molar-refractivity contribution in [1.29, 1.82) is 0 Å². The second-order valence-electron chi connectivity index (χ2n) is 8.93. The van der Waals surface area contributed by atoms with Crippen LogP contribution in [0.3, 0.4) is 0 Å². The zero-order valence-corrected chi connectivity index (χ0v) is 24.4. The van der Waals surface area contributed by atoms with Crippen molar-refractivity contribution < 1.29 is 40.9 Å². The van der Waals surface area contributed by atoms with Gasteiger partial charge in [-0.05, 0) is 40.7 Å². The number of aryl methyl sites for hydroxylation is 1. The largest absolute Gasteiger partial charge is 0.564 e. The molecule has 225 valence electrons. The summed E-state index contributed by atoms with van der Waals surface area (Å²) in [5.74, 6) is 5.42. The van der Waals surface area contributed by atoms with Crippen LogP contribution in [0.15, 0.2) is 30.9 Å². The SMILES string of the molecule is C=CCc1cc(CCCCCCCCC)ccc1OCCOCCOCCOCCOCCO[S+]([O])(=O)ON. The summed E-state index contributed by atoms with van der Waals surface area (Å²) in [6.07, 6.45) is 13.0. The highest BCUT2D eigenvalue weighted by Gasteiger charge is 2.32. The molecule has 0 saturated carbocycles. The van der Waals surface area contributed by atoms with Crippen LogP contribution in [0.5, 0.6) is 5.75 Å². The third kappa shape index (κ3) is 20.2. The molecule has 0 spiro atoms. The van der Waals surface area contributed by atoms with Crippen molar-refractivity contribution in [2.24, 2.45) is 5.90 Å². The Labute approximate surface area is 236 Å². The van der Waals surface area contributed by atoms with Crippen molar-refractivity contribution in [3.63, 3.8) is 0 Å². The summed E-state index contributed by atoms with van der Waals surface area (Å²) in [7, 11) is -4.13. The lowest BCUT2D eigenvalue weighted by Crippen LogP contribution is -2.22. The number of ether oxygens (including phenoxy) is 5. The van der Waals surface area contributed by atoms with Gasteiger partial charge >= 0.3 is 10.8 Å². The molecule has 0 amide bonds. The number of hydrogen-bond acceptors (Lipinski definition) is 9. The van der Waals surface area contributed by atoms with Crippen molar-refractivity contribution in [2.75, 3.05) is 66.1 Å². The van der Waals surface area contributed by atoms with E-state index in [0.29, 0.717) is 52.9 Å². The Morgan fingerprint density at radius 1 is 0.795 bits per heavy atom. The van der Waals surface area contributed by atoms with Gasteiger partial charge in [0.2, 0.25) is 0 Å². The molecule has 1 aromatic carbocycles. The first-order chi connectivity index (χ1) is 19.0. The Morgan fingerprint density at radius 2 is 1.33 bits per heavy atom. The maximum atomic E-state index is 10.8. The quantitative estimate of drug-likeness (QED) is 0.0652. The van der Waals surface area contributed by atoms with E-state index in [4.69, 9.17) is 23.7 Å². The summed E-state index contributed by atoms with van der Waals surface area (Å²) in [4.78, 5) is 0. The number of rotatable bonds is 28. The molecule has 1 rings (SSSR count). The van der Waals surface area contributed by atoms with Crippen LogP contribution in [0, 0.1) is 0 Å². The van der Waals surface area contributed by atoms with Gasteiger partial charge < -0.3 is 23.7 Å². The minimum atomic E-state index is -4.13. The molecule has 1 radical (unpaired) electrons. The molecule has 1 unspecified atom stereocenters. The fourth-order valence-electron chi connectivity index (χ4n) is 3.73. The lowest BCUT2D eigenvalue weighted by Gasteiger charge is -2.13. The highest BCUT2D eigenvalue weighted by atomic mass is 32.3. The van der Waals surface area contributed by atoms with E-state index < -0.39 is 10.8 Å². The standard InChI is InChI=1S/C28H49NO9S/c1-3-5-6-7-8-9-10-12-26-13-14-28(27(25-26)11-4-2)36-23-21-34-19-17-32-15-16-33-18-20-35-22-24-37-39(30,31)38-29/h4,13-14,25H,2-3,5-12,15-24,29H2,1H3/q+1. The van der Waals surface area contributed by atoms with Crippen molar-refractivity contribution in [3.8, 4) is 5.75 Å². The molecule has 0 aliphatic heterocycles. The Kier molecular flexibility index (Phi) is 22.3. The summed E-state index contributed by atoms with van der Waals surface area (Å²) in [5, 5.41) is 0. The molecule has 11 heteroatoms. The molecule has 10 nitrogen and oxygen atoms in total. The summed E-state index contributed by atoms with van der Waals surface area (Å²) >= 11 is 0. The van der Waals surface area contributed by atoms with Gasteiger partial charge in [0.1, 0.15) is 23.5 Å². The van der Waals surface area contributed by atoms with E-state index in [9.17, 15) is 8.76 Å². The Bertz CT molecular complexity index is 781. The highest BCUT2D eigenvalue weighted by Crippen LogP contribution is 2.22. The van der Waals surface area contributed by atoms with E-state index in [1.54, 1.807) is 0 Å². The molecule has 39 heavy (non-hydrogen) atoms. The lowest BCUT2D eigenvalue weighted by atomic mass is 10.0. The van der Waals surface area contributed by atoms with Gasteiger partial charge in [0.15, 0.2) is 0 Å². The van der Waals surface area contributed by atoms with Crippen LogP contribution in [0.4, 0.5) is 0 Å². The zero-order valence-electron chi connectivity index (χ0n) is 23.6. The van der Waals surface area contributed by atoms with Crippen LogP contribution in [-0.4, -0.2) is 66.1 Å². The molecule has 0 heterocycles. The molecule has 2 N–H and O–H groups in total. The van der Waals surface area contributed by atoms with Crippen molar-refractivity contribution in [3.05, 3.63) is 42.0 Å².